The Morgan fingerprint density at radius 2 is 1.83 bits per heavy atom. The van der Waals surface area contributed by atoms with E-state index in [0.717, 1.165) is 23.2 Å². The van der Waals surface area contributed by atoms with Gasteiger partial charge >= 0.3 is 0 Å². The van der Waals surface area contributed by atoms with Crippen molar-refractivity contribution in [1.29, 1.82) is 0 Å². The normalized spacial score (nSPS) is 18.6. The molecular weight excluding hydrogens is 284 g/mol. The quantitative estimate of drug-likeness (QED) is 0.908. The summed E-state index contributed by atoms with van der Waals surface area (Å²) >= 11 is 0. The predicted molar refractivity (Wildman–Crippen MR) is 95.3 cm³/mol. The van der Waals surface area contributed by atoms with Crippen LogP contribution in [0.3, 0.4) is 0 Å². The standard InChI is InChI=1S/C20H22N2O/c1-3-15(2)22-19(14-13-16-9-5-4-6-10-16)21-18-12-8-7-11-17(18)20(22)23/h4-15,19,21H,3H2,1-2H3/b14-13+/t15-,19+/m0/s1. The van der Waals surface area contributed by atoms with E-state index in [1.165, 1.54) is 0 Å². The van der Waals surface area contributed by atoms with Crippen molar-refractivity contribution < 1.29 is 4.79 Å². The second kappa shape index (κ2) is 6.69. The van der Waals surface area contributed by atoms with Gasteiger partial charge in [0.25, 0.3) is 5.91 Å². The smallest absolute Gasteiger partial charge is 0.258 e. The van der Waals surface area contributed by atoms with Gasteiger partial charge in [0.1, 0.15) is 6.17 Å². The highest BCUT2D eigenvalue weighted by atomic mass is 16.2. The number of hydrogen-bond donors (Lipinski definition) is 1. The summed E-state index contributed by atoms with van der Waals surface area (Å²) in [5, 5.41) is 3.48. The maximum atomic E-state index is 12.9. The van der Waals surface area contributed by atoms with Gasteiger partial charge in [0, 0.05) is 11.7 Å². The molecule has 0 fully saturated rings. The zero-order valence-corrected chi connectivity index (χ0v) is 13.6. The van der Waals surface area contributed by atoms with Gasteiger partial charge in [0.2, 0.25) is 0 Å². The number of amides is 1. The van der Waals surface area contributed by atoms with Gasteiger partial charge in [-0.1, -0.05) is 55.5 Å². The maximum absolute atomic E-state index is 12.9. The lowest BCUT2D eigenvalue weighted by Crippen LogP contribution is -2.51. The Kier molecular flexibility index (Phi) is 4.47. The third kappa shape index (κ3) is 3.14. The van der Waals surface area contributed by atoms with Crippen LogP contribution < -0.4 is 5.32 Å². The molecule has 0 unspecified atom stereocenters. The van der Waals surface area contributed by atoms with Crippen LogP contribution in [0.25, 0.3) is 6.08 Å². The number of fused-ring (bicyclic) bond motifs is 1. The second-order valence-corrected chi connectivity index (χ2v) is 5.87. The van der Waals surface area contributed by atoms with Crippen LogP contribution in [0, 0.1) is 0 Å². The van der Waals surface area contributed by atoms with E-state index < -0.39 is 0 Å². The average Bonchev–Trinajstić information content (AvgIpc) is 2.60. The summed E-state index contributed by atoms with van der Waals surface area (Å²) in [6.07, 6.45) is 4.92. The fourth-order valence-corrected chi connectivity index (χ4v) is 2.87. The zero-order chi connectivity index (χ0) is 16.2. The molecule has 0 saturated carbocycles. The maximum Gasteiger partial charge on any atom is 0.258 e. The second-order valence-electron chi connectivity index (χ2n) is 5.87. The van der Waals surface area contributed by atoms with Gasteiger partial charge in [-0.2, -0.15) is 0 Å². The van der Waals surface area contributed by atoms with Gasteiger partial charge < -0.3 is 10.2 Å². The molecular formula is C20H22N2O. The van der Waals surface area contributed by atoms with E-state index in [2.05, 4.69) is 43.4 Å². The Morgan fingerprint density at radius 1 is 1.13 bits per heavy atom. The van der Waals surface area contributed by atoms with Crippen LogP contribution in [0.1, 0.15) is 36.2 Å². The van der Waals surface area contributed by atoms with E-state index in [4.69, 9.17) is 0 Å². The molecule has 0 aromatic heterocycles. The van der Waals surface area contributed by atoms with Crippen LogP contribution in [-0.4, -0.2) is 23.0 Å². The van der Waals surface area contributed by atoms with Gasteiger partial charge in [-0.15, -0.1) is 0 Å². The van der Waals surface area contributed by atoms with Crippen molar-refractivity contribution in [2.45, 2.75) is 32.5 Å². The lowest BCUT2D eigenvalue weighted by atomic mass is 10.0. The Morgan fingerprint density at radius 3 is 2.57 bits per heavy atom. The summed E-state index contributed by atoms with van der Waals surface area (Å²) in [6.45, 7) is 4.20. The number of hydrogen-bond acceptors (Lipinski definition) is 2. The molecule has 0 aliphatic carbocycles. The van der Waals surface area contributed by atoms with E-state index in [0.29, 0.717) is 0 Å². The molecule has 1 amide bonds. The average molecular weight is 306 g/mol. The molecule has 3 nitrogen and oxygen atoms in total. The highest BCUT2D eigenvalue weighted by Gasteiger charge is 2.32. The minimum Gasteiger partial charge on any atom is -0.361 e. The fraction of sp³-hybridized carbons (Fsp3) is 0.250. The number of anilines is 1. The van der Waals surface area contributed by atoms with Crippen molar-refractivity contribution in [1.82, 2.24) is 4.90 Å². The molecule has 3 rings (SSSR count). The molecule has 3 heteroatoms. The molecule has 1 N–H and O–H groups in total. The molecule has 1 heterocycles. The van der Waals surface area contributed by atoms with Crippen LogP contribution in [0.2, 0.25) is 0 Å². The fourth-order valence-electron chi connectivity index (χ4n) is 2.87. The molecule has 2 atom stereocenters. The minimum absolute atomic E-state index is 0.0939. The third-order valence-electron chi connectivity index (χ3n) is 4.33. The molecule has 1 aliphatic heterocycles. The summed E-state index contributed by atoms with van der Waals surface area (Å²) in [5.41, 5.74) is 2.78. The third-order valence-corrected chi connectivity index (χ3v) is 4.33. The van der Waals surface area contributed by atoms with Crippen LogP contribution in [0.15, 0.2) is 60.7 Å². The number of carbonyl (C=O) groups is 1. The van der Waals surface area contributed by atoms with Gasteiger partial charge in [0.15, 0.2) is 0 Å². The van der Waals surface area contributed by atoms with E-state index in [-0.39, 0.29) is 18.1 Å². The Labute approximate surface area is 137 Å². The van der Waals surface area contributed by atoms with Gasteiger partial charge in [-0.25, -0.2) is 0 Å². The number of nitrogens with zero attached hydrogens (tertiary/aromatic N) is 1. The van der Waals surface area contributed by atoms with Crippen LogP contribution in [0.4, 0.5) is 5.69 Å². The first-order valence-electron chi connectivity index (χ1n) is 8.12. The van der Waals surface area contributed by atoms with E-state index >= 15 is 0 Å². The number of carbonyl (C=O) groups excluding carboxylic acids is 1. The molecule has 1 aliphatic rings. The lowest BCUT2D eigenvalue weighted by Gasteiger charge is -2.40. The summed E-state index contributed by atoms with van der Waals surface area (Å²) in [7, 11) is 0. The first kappa shape index (κ1) is 15.3. The van der Waals surface area contributed by atoms with Crippen LogP contribution in [0.5, 0.6) is 0 Å². The molecule has 0 saturated heterocycles. The first-order valence-corrected chi connectivity index (χ1v) is 8.12. The van der Waals surface area contributed by atoms with Crippen molar-refractivity contribution in [2.24, 2.45) is 0 Å². The van der Waals surface area contributed by atoms with E-state index in [9.17, 15) is 4.79 Å². The Balaban J connectivity index is 1.93. The summed E-state index contributed by atoms with van der Waals surface area (Å²) in [6, 6.07) is 18.0. The van der Waals surface area contributed by atoms with E-state index in [1.807, 2.05) is 47.4 Å². The van der Waals surface area contributed by atoms with Gasteiger partial charge in [-0.3, -0.25) is 4.79 Å². The highest BCUT2D eigenvalue weighted by molar-refractivity contribution is 6.02. The van der Waals surface area contributed by atoms with Crippen LogP contribution in [-0.2, 0) is 0 Å². The van der Waals surface area contributed by atoms with Crippen molar-refractivity contribution in [3.8, 4) is 0 Å². The monoisotopic (exact) mass is 306 g/mol. The molecule has 2 aromatic rings. The lowest BCUT2D eigenvalue weighted by molar-refractivity contribution is 0.0639. The molecule has 118 valence electrons. The molecule has 0 spiro atoms. The number of nitrogens with one attached hydrogen (secondary N) is 1. The predicted octanol–water partition coefficient (Wildman–Crippen LogP) is 4.39. The van der Waals surface area contributed by atoms with Crippen molar-refractivity contribution in [3.63, 3.8) is 0 Å². The highest BCUT2D eigenvalue weighted by Crippen LogP contribution is 2.28. The van der Waals surface area contributed by atoms with Crippen LogP contribution >= 0.6 is 0 Å². The number of para-hydroxylation sites is 1. The molecule has 2 aromatic carbocycles. The molecule has 0 bridgehead atoms. The molecule has 0 radical (unpaired) electrons. The minimum atomic E-state index is -0.132. The van der Waals surface area contributed by atoms with Crippen molar-refractivity contribution in [3.05, 3.63) is 71.8 Å². The zero-order valence-electron chi connectivity index (χ0n) is 13.6. The Bertz CT molecular complexity index is 709. The van der Waals surface area contributed by atoms with Gasteiger partial charge in [0.05, 0.1) is 5.56 Å². The summed E-state index contributed by atoms with van der Waals surface area (Å²) in [5.74, 6) is 0.0939. The van der Waals surface area contributed by atoms with E-state index in [1.54, 1.807) is 0 Å². The van der Waals surface area contributed by atoms with Gasteiger partial charge in [-0.05, 0) is 37.1 Å². The van der Waals surface area contributed by atoms with Crippen molar-refractivity contribution in [2.75, 3.05) is 5.32 Å². The topological polar surface area (TPSA) is 32.3 Å². The first-order chi connectivity index (χ1) is 11.2. The van der Waals surface area contributed by atoms with Crippen molar-refractivity contribution >= 4 is 17.7 Å². The Hall–Kier alpha value is -2.55. The SMILES string of the molecule is CC[C@H](C)N1C(=O)c2ccccc2N[C@H]1/C=C/c1ccccc1. The number of benzene rings is 2. The number of rotatable bonds is 4. The summed E-state index contributed by atoms with van der Waals surface area (Å²) in [4.78, 5) is 14.8. The largest absolute Gasteiger partial charge is 0.361 e. The molecule has 23 heavy (non-hydrogen) atoms. The summed E-state index contributed by atoms with van der Waals surface area (Å²) < 4.78 is 0.